The van der Waals surface area contributed by atoms with E-state index in [0.717, 1.165) is 84.3 Å². The fourth-order valence-electron chi connectivity index (χ4n) is 4.16. The summed E-state index contributed by atoms with van der Waals surface area (Å²) in [5.41, 5.74) is 0. The molecule has 0 spiro atoms. The van der Waals surface area contributed by atoms with Crippen LogP contribution in [0.3, 0.4) is 0 Å². The van der Waals surface area contributed by atoms with Gasteiger partial charge in [-0.25, -0.2) is 0 Å². The Morgan fingerprint density at radius 2 is 0.941 bits per heavy atom. The van der Waals surface area contributed by atoms with E-state index in [4.69, 9.17) is 0 Å². The van der Waals surface area contributed by atoms with E-state index in [0.29, 0.717) is 18.6 Å². The second-order valence-electron chi connectivity index (χ2n) is 10.0. The van der Waals surface area contributed by atoms with Crippen LogP contribution >= 0.6 is 0 Å². The van der Waals surface area contributed by atoms with Crippen LogP contribution in [-0.4, -0.2) is 67.3 Å². The molecule has 1 N–H and O–H groups in total. The fourth-order valence-corrected chi connectivity index (χ4v) is 4.16. The van der Waals surface area contributed by atoms with Crippen LogP contribution in [-0.2, 0) is 9.59 Å². The van der Waals surface area contributed by atoms with E-state index < -0.39 is 0 Å². The molecular weight excluding hydrogens is 422 g/mol. The largest absolute Gasteiger partial charge is 0.356 e. The smallest absolute Gasteiger partial charge is 0.221 e. The van der Waals surface area contributed by atoms with E-state index in [1.165, 1.54) is 51.4 Å². The highest BCUT2D eigenvalue weighted by molar-refractivity contribution is 5.78. The average Bonchev–Trinajstić information content (AvgIpc) is 2.84. The first-order valence-corrected chi connectivity index (χ1v) is 14.8. The molecule has 0 aliphatic heterocycles. The number of carbonyl (C=O) groups excluding carboxylic acids is 2. The van der Waals surface area contributed by atoms with Gasteiger partial charge in [0.1, 0.15) is 5.78 Å². The van der Waals surface area contributed by atoms with E-state index in [2.05, 4.69) is 42.8 Å². The summed E-state index contributed by atoms with van der Waals surface area (Å²) in [6.45, 7) is 16.0. The summed E-state index contributed by atoms with van der Waals surface area (Å²) >= 11 is 0. The normalized spacial score (nSPS) is 11.5. The van der Waals surface area contributed by atoms with E-state index in [9.17, 15) is 9.59 Å². The molecule has 0 unspecified atom stereocenters. The van der Waals surface area contributed by atoms with Crippen LogP contribution in [0.25, 0.3) is 0 Å². The summed E-state index contributed by atoms with van der Waals surface area (Å²) in [6.07, 6.45) is 17.3. The van der Waals surface area contributed by atoms with Gasteiger partial charge in [-0.1, -0.05) is 72.6 Å². The maximum absolute atomic E-state index is 12.3. The minimum Gasteiger partial charge on any atom is -0.356 e. The molecule has 0 atom stereocenters. The highest BCUT2D eigenvalue weighted by Gasteiger charge is 2.09. The molecule has 202 valence electrons. The van der Waals surface area contributed by atoms with Crippen molar-refractivity contribution in [2.45, 2.75) is 130 Å². The van der Waals surface area contributed by atoms with Gasteiger partial charge < -0.3 is 15.1 Å². The van der Waals surface area contributed by atoms with Crippen LogP contribution < -0.4 is 5.32 Å². The van der Waals surface area contributed by atoms with Gasteiger partial charge in [-0.15, -0.1) is 0 Å². The molecule has 5 nitrogen and oxygen atoms in total. The van der Waals surface area contributed by atoms with Crippen molar-refractivity contribution in [3.8, 4) is 0 Å². The third-order valence-electron chi connectivity index (χ3n) is 6.63. The maximum atomic E-state index is 12.3. The Kier molecular flexibility index (Phi) is 24.5. The van der Waals surface area contributed by atoms with Gasteiger partial charge in [0.2, 0.25) is 5.91 Å². The van der Waals surface area contributed by atoms with Gasteiger partial charge in [-0.3, -0.25) is 9.59 Å². The fraction of sp³-hybridized carbons (Fsp3) is 0.931. The summed E-state index contributed by atoms with van der Waals surface area (Å²) < 4.78 is 0. The molecule has 0 bridgehead atoms. The first-order valence-electron chi connectivity index (χ1n) is 14.8. The van der Waals surface area contributed by atoms with E-state index >= 15 is 0 Å². The van der Waals surface area contributed by atoms with Crippen LogP contribution in [0.4, 0.5) is 0 Å². The molecule has 0 saturated heterocycles. The number of rotatable bonds is 26. The highest BCUT2D eigenvalue weighted by atomic mass is 16.1. The van der Waals surface area contributed by atoms with Crippen molar-refractivity contribution >= 4 is 11.7 Å². The number of hydrogen-bond acceptors (Lipinski definition) is 4. The predicted molar refractivity (Wildman–Crippen MR) is 147 cm³/mol. The Balaban J connectivity index is 3.73. The Bertz CT molecular complexity index is 412. The van der Waals surface area contributed by atoms with Crippen LogP contribution in [0.5, 0.6) is 0 Å². The zero-order valence-electron chi connectivity index (χ0n) is 23.5. The molecule has 0 aliphatic rings. The zero-order chi connectivity index (χ0) is 25.3. The van der Waals surface area contributed by atoms with Crippen molar-refractivity contribution in [1.82, 2.24) is 15.1 Å². The molecule has 0 heterocycles. The van der Waals surface area contributed by atoms with Crippen molar-refractivity contribution < 1.29 is 9.59 Å². The summed E-state index contributed by atoms with van der Waals surface area (Å²) in [7, 11) is 0. The van der Waals surface area contributed by atoms with Gasteiger partial charge in [0.15, 0.2) is 0 Å². The molecule has 0 rings (SSSR count). The Morgan fingerprint density at radius 3 is 1.44 bits per heavy atom. The van der Waals surface area contributed by atoms with E-state index in [1.54, 1.807) is 0 Å². The second kappa shape index (κ2) is 25.2. The number of Topliss-reactive ketones (excluding diaryl/α,β-unsaturated/α-hetero) is 1. The quantitative estimate of drug-likeness (QED) is 0.141. The lowest BCUT2D eigenvalue weighted by atomic mass is 10.1. The molecule has 5 heteroatoms. The number of amides is 1. The van der Waals surface area contributed by atoms with Gasteiger partial charge in [0, 0.05) is 38.9 Å². The van der Waals surface area contributed by atoms with E-state index in [1.807, 2.05) is 0 Å². The van der Waals surface area contributed by atoms with E-state index in [-0.39, 0.29) is 5.91 Å². The number of ketones is 1. The number of unbranched alkanes of at least 4 members (excludes halogenated alkanes) is 8. The Hall–Kier alpha value is -0.940. The van der Waals surface area contributed by atoms with Gasteiger partial charge >= 0.3 is 0 Å². The predicted octanol–water partition coefficient (Wildman–Crippen LogP) is 6.60. The summed E-state index contributed by atoms with van der Waals surface area (Å²) in [6, 6.07) is 0. The van der Waals surface area contributed by atoms with Gasteiger partial charge in [0.05, 0.1) is 0 Å². The SMILES string of the molecule is CCCCN(CCCC)CCC(=O)CCCCCCCNC(=O)CCN(CCCC)CCCC. The monoisotopic (exact) mass is 481 g/mol. The molecule has 0 aliphatic carbocycles. The lowest BCUT2D eigenvalue weighted by Gasteiger charge is -2.21. The minimum atomic E-state index is 0.190. The molecule has 0 aromatic rings. The van der Waals surface area contributed by atoms with Crippen molar-refractivity contribution in [3.05, 3.63) is 0 Å². The van der Waals surface area contributed by atoms with Crippen molar-refractivity contribution in [1.29, 1.82) is 0 Å². The van der Waals surface area contributed by atoms with Crippen LogP contribution in [0.1, 0.15) is 130 Å². The van der Waals surface area contributed by atoms with Crippen molar-refractivity contribution in [3.63, 3.8) is 0 Å². The average molecular weight is 482 g/mol. The second-order valence-corrected chi connectivity index (χ2v) is 10.0. The molecule has 0 aromatic carbocycles. The summed E-state index contributed by atoms with van der Waals surface area (Å²) in [5, 5.41) is 3.09. The first kappa shape index (κ1) is 33.1. The molecule has 0 radical (unpaired) electrons. The molecule has 34 heavy (non-hydrogen) atoms. The lowest BCUT2D eigenvalue weighted by molar-refractivity contribution is -0.121. The Morgan fingerprint density at radius 1 is 0.500 bits per heavy atom. The third-order valence-corrected chi connectivity index (χ3v) is 6.63. The zero-order valence-corrected chi connectivity index (χ0v) is 23.5. The lowest BCUT2D eigenvalue weighted by Crippen LogP contribution is -2.32. The number of nitrogens with zero attached hydrogens (tertiary/aromatic N) is 2. The van der Waals surface area contributed by atoms with Gasteiger partial charge in [-0.05, 0) is 64.7 Å². The van der Waals surface area contributed by atoms with Crippen molar-refractivity contribution in [2.24, 2.45) is 0 Å². The number of nitrogens with one attached hydrogen (secondary N) is 1. The molecule has 0 aromatic heterocycles. The van der Waals surface area contributed by atoms with Gasteiger partial charge in [-0.2, -0.15) is 0 Å². The number of hydrogen-bond donors (Lipinski definition) is 1. The standard InChI is InChI=1S/C29H59N3O2/c1-5-9-22-31(23-10-6-2)26-19-28(33)18-16-14-13-15-17-21-30-29(34)20-27-32(24-11-7-3)25-12-8-4/h5-27H2,1-4H3,(H,30,34). The maximum Gasteiger partial charge on any atom is 0.221 e. The summed E-state index contributed by atoms with van der Waals surface area (Å²) in [5.74, 6) is 0.618. The topological polar surface area (TPSA) is 52.7 Å². The molecule has 0 fully saturated rings. The Labute approximate surface area is 212 Å². The van der Waals surface area contributed by atoms with Gasteiger partial charge in [0.25, 0.3) is 0 Å². The van der Waals surface area contributed by atoms with Crippen LogP contribution in [0.15, 0.2) is 0 Å². The first-order chi connectivity index (χ1) is 16.6. The molecular formula is C29H59N3O2. The number of carbonyl (C=O) groups is 2. The molecule has 0 saturated carbocycles. The van der Waals surface area contributed by atoms with Crippen molar-refractivity contribution in [2.75, 3.05) is 45.8 Å². The summed E-state index contributed by atoms with van der Waals surface area (Å²) in [4.78, 5) is 29.3. The van der Waals surface area contributed by atoms with Crippen LogP contribution in [0, 0.1) is 0 Å². The minimum absolute atomic E-state index is 0.190. The van der Waals surface area contributed by atoms with Crippen LogP contribution in [0.2, 0.25) is 0 Å². The third kappa shape index (κ3) is 21.6. The molecule has 1 amide bonds. The highest BCUT2D eigenvalue weighted by Crippen LogP contribution is 2.08.